The van der Waals surface area contributed by atoms with E-state index in [2.05, 4.69) is 25.9 Å². The van der Waals surface area contributed by atoms with Crippen LogP contribution in [0, 0.1) is 20.8 Å². The van der Waals surface area contributed by atoms with E-state index in [9.17, 15) is 4.79 Å². The standard InChI is InChI=1S/C26H25N5O/c1-17-15-24(11-13-27-17)29-22-5-4-6-23(16-22)31-26(32)20-7-9-21(10-8-20)30-25-12-14-28-19(3)18(25)2/h4-16H,1-3H3,(H,27,29)(H,28,30)(H,31,32). The molecule has 6 nitrogen and oxygen atoms in total. The molecule has 0 radical (unpaired) electrons. The van der Waals surface area contributed by atoms with Crippen LogP contribution in [0.1, 0.15) is 27.3 Å². The maximum absolute atomic E-state index is 12.7. The number of carbonyl (C=O) groups is 1. The number of aromatic nitrogens is 2. The van der Waals surface area contributed by atoms with Crippen LogP contribution in [0.4, 0.5) is 28.4 Å². The molecule has 0 aliphatic carbocycles. The number of anilines is 5. The predicted molar refractivity (Wildman–Crippen MR) is 130 cm³/mol. The lowest BCUT2D eigenvalue weighted by atomic mass is 10.1. The third-order valence-corrected chi connectivity index (χ3v) is 5.19. The van der Waals surface area contributed by atoms with E-state index in [1.165, 1.54) is 0 Å². The second-order valence-electron chi connectivity index (χ2n) is 7.62. The molecule has 0 bridgehead atoms. The summed E-state index contributed by atoms with van der Waals surface area (Å²) in [7, 11) is 0. The molecule has 1 amide bonds. The normalized spacial score (nSPS) is 10.5. The predicted octanol–water partition coefficient (Wildman–Crippen LogP) is 6.14. The molecule has 2 aromatic carbocycles. The van der Waals surface area contributed by atoms with Gasteiger partial charge in [-0.3, -0.25) is 14.8 Å². The van der Waals surface area contributed by atoms with Crippen LogP contribution in [0.5, 0.6) is 0 Å². The number of hydrogen-bond acceptors (Lipinski definition) is 5. The third-order valence-electron chi connectivity index (χ3n) is 5.19. The summed E-state index contributed by atoms with van der Waals surface area (Å²) in [6.07, 6.45) is 3.55. The minimum atomic E-state index is -0.163. The highest BCUT2D eigenvalue weighted by molar-refractivity contribution is 6.04. The average Bonchev–Trinajstić information content (AvgIpc) is 2.78. The van der Waals surface area contributed by atoms with Gasteiger partial charge in [0, 0.05) is 57.8 Å². The molecular weight excluding hydrogens is 398 g/mol. The number of nitrogens with zero attached hydrogens (tertiary/aromatic N) is 2. The largest absolute Gasteiger partial charge is 0.355 e. The molecule has 0 unspecified atom stereocenters. The van der Waals surface area contributed by atoms with Crippen LogP contribution < -0.4 is 16.0 Å². The Morgan fingerprint density at radius 1 is 0.719 bits per heavy atom. The fraction of sp³-hybridized carbons (Fsp3) is 0.115. The molecule has 0 spiro atoms. The number of pyridine rings is 2. The lowest BCUT2D eigenvalue weighted by Crippen LogP contribution is -2.12. The number of hydrogen-bond donors (Lipinski definition) is 3. The zero-order valence-corrected chi connectivity index (χ0v) is 18.3. The average molecular weight is 424 g/mol. The molecule has 4 aromatic rings. The summed E-state index contributed by atoms with van der Waals surface area (Å²) < 4.78 is 0. The lowest BCUT2D eigenvalue weighted by molar-refractivity contribution is 0.102. The highest BCUT2D eigenvalue weighted by atomic mass is 16.1. The summed E-state index contributed by atoms with van der Waals surface area (Å²) in [5.41, 5.74) is 8.08. The monoisotopic (exact) mass is 423 g/mol. The zero-order valence-electron chi connectivity index (χ0n) is 18.3. The van der Waals surface area contributed by atoms with Crippen LogP contribution in [0.3, 0.4) is 0 Å². The quantitative estimate of drug-likeness (QED) is 0.347. The van der Waals surface area contributed by atoms with Gasteiger partial charge in [0.1, 0.15) is 0 Å². The van der Waals surface area contributed by atoms with E-state index in [0.29, 0.717) is 5.56 Å². The molecule has 3 N–H and O–H groups in total. The van der Waals surface area contributed by atoms with Gasteiger partial charge in [0.2, 0.25) is 0 Å². The molecule has 6 heteroatoms. The summed E-state index contributed by atoms with van der Waals surface area (Å²) in [4.78, 5) is 21.2. The van der Waals surface area contributed by atoms with Crippen LogP contribution in [-0.2, 0) is 0 Å². The number of aryl methyl sites for hydroxylation is 2. The smallest absolute Gasteiger partial charge is 0.255 e. The molecule has 32 heavy (non-hydrogen) atoms. The van der Waals surface area contributed by atoms with Crippen molar-refractivity contribution in [2.75, 3.05) is 16.0 Å². The lowest BCUT2D eigenvalue weighted by Gasteiger charge is -2.12. The van der Waals surface area contributed by atoms with Gasteiger partial charge in [0.15, 0.2) is 0 Å². The van der Waals surface area contributed by atoms with Crippen molar-refractivity contribution >= 4 is 34.3 Å². The fourth-order valence-corrected chi connectivity index (χ4v) is 3.30. The number of benzene rings is 2. The van der Waals surface area contributed by atoms with Gasteiger partial charge < -0.3 is 16.0 Å². The second kappa shape index (κ2) is 9.31. The van der Waals surface area contributed by atoms with Gasteiger partial charge in [0.05, 0.1) is 0 Å². The van der Waals surface area contributed by atoms with E-state index >= 15 is 0 Å². The Morgan fingerprint density at radius 2 is 1.44 bits per heavy atom. The van der Waals surface area contributed by atoms with Crippen molar-refractivity contribution < 1.29 is 4.79 Å². The summed E-state index contributed by atoms with van der Waals surface area (Å²) in [6.45, 7) is 5.96. The van der Waals surface area contributed by atoms with E-state index in [4.69, 9.17) is 0 Å². The molecule has 4 rings (SSSR count). The van der Waals surface area contributed by atoms with Gasteiger partial charge in [0.25, 0.3) is 5.91 Å². The summed E-state index contributed by atoms with van der Waals surface area (Å²) in [6, 6.07) is 20.8. The molecule has 0 aliphatic heterocycles. The molecule has 160 valence electrons. The first-order valence-electron chi connectivity index (χ1n) is 10.4. The highest BCUT2D eigenvalue weighted by Crippen LogP contribution is 2.23. The number of rotatable bonds is 6. The van der Waals surface area contributed by atoms with E-state index < -0.39 is 0 Å². The minimum absolute atomic E-state index is 0.163. The van der Waals surface area contributed by atoms with Crippen molar-refractivity contribution in [3.63, 3.8) is 0 Å². The van der Waals surface area contributed by atoms with Gasteiger partial charge >= 0.3 is 0 Å². The van der Waals surface area contributed by atoms with E-state index in [1.807, 2.05) is 87.5 Å². The Hall–Kier alpha value is -4.19. The first kappa shape index (κ1) is 21.1. The van der Waals surface area contributed by atoms with Crippen molar-refractivity contribution in [3.05, 3.63) is 102 Å². The van der Waals surface area contributed by atoms with Gasteiger partial charge in [-0.1, -0.05) is 6.07 Å². The summed E-state index contributed by atoms with van der Waals surface area (Å²) in [5.74, 6) is -0.163. The maximum atomic E-state index is 12.7. The molecule has 0 atom stereocenters. The van der Waals surface area contributed by atoms with E-state index in [-0.39, 0.29) is 5.91 Å². The Morgan fingerprint density at radius 3 is 2.22 bits per heavy atom. The molecule has 0 saturated carbocycles. The van der Waals surface area contributed by atoms with Gasteiger partial charge in [-0.25, -0.2) is 0 Å². The highest BCUT2D eigenvalue weighted by Gasteiger charge is 2.08. The number of nitrogens with one attached hydrogen (secondary N) is 3. The first-order chi connectivity index (χ1) is 15.5. The van der Waals surface area contributed by atoms with Crippen molar-refractivity contribution in [1.29, 1.82) is 0 Å². The zero-order chi connectivity index (χ0) is 22.5. The first-order valence-corrected chi connectivity index (χ1v) is 10.4. The van der Waals surface area contributed by atoms with Crippen LogP contribution in [0.15, 0.2) is 79.1 Å². The summed E-state index contributed by atoms with van der Waals surface area (Å²) in [5, 5.41) is 9.67. The van der Waals surface area contributed by atoms with Crippen molar-refractivity contribution in [2.45, 2.75) is 20.8 Å². The Labute approximate surface area is 187 Å². The fourth-order valence-electron chi connectivity index (χ4n) is 3.30. The van der Waals surface area contributed by atoms with Crippen molar-refractivity contribution in [2.24, 2.45) is 0 Å². The minimum Gasteiger partial charge on any atom is -0.355 e. The molecular formula is C26H25N5O. The Kier molecular flexibility index (Phi) is 6.12. The number of amides is 1. The maximum Gasteiger partial charge on any atom is 0.255 e. The van der Waals surface area contributed by atoms with Gasteiger partial charge in [-0.2, -0.15) is 0 Å². The van der Waals surface area contributed by atoms with Crippen LogP contribution in [0.25, 0.3) is 0 Å². The Bertz CT molecular complexity index is 1250. The number of carbonyl (C=O) groups excluding carboxylic acids is 1. The van der Waals surface area contributed by atoms with Crippen LogP contribution in [-0.4, -0.2) is 15.9 Å². The van der Waals surface area contributed by atoms with Crippen molar-refractivity contribution in [1.82, 2.24) is 9.97 Å². The summed E-state index contributed by atoms with van der Waals surface area (Å²) >= 11 is 0. The van der Waals surface area contributed by atoms with Gasteiger partial charge in [-0.15, -0.1) is 0 Å². The molecule has 0 aliphatic rings. The van der Waals surface area contributed by atoms with E-state index in [0.717, 1.165) is 45.4 Å². The topological polar surface area (TPSA) is 78.9 Å². The van der Waals surface area contributed by atoms with E-state index in [1.54, 1.807) is 12.4 Å². The second-order valence-corrected chi connectivity index (χ2v) is 7.62. The van der Waals surface area contributed by atoms with Gasteiger partial charge in [-0.05, 0) is 87.0 Å². The third kappa shape index (κ3) is 5.10. The molecule has 0 fully saturated rings. The van der Waals surface area contributed by atoms with Crippen LogP contribution in [0.2, 0.25) is 0 Å². The van der Waals surface area contributed by atoms with Crippen molar-refractivity contribution in [3.8, 4) is 0 Å². The molecule has 2 aromatic heterocycles. The molecule has 0 saturated heterocycles. The Balaban J connectivity index is 1.42. The SMILES string of the molecule is Cc1cc(Nc2cccc(NC(=O)c3ccc(Nc4ccnc(C)c4C)cc3)c2)ccn1. The molecule has 2 heterocycles. The van der Waals surface area contributed by atoms with Crippen LogP contribution >= 0.6 is 0 Å².